The maximum Gasteiger partial charge on any atom is 0.223 e. The molecular weight excluding hydrogens is 300 g/mol. The Morgan fingerprint density at radius 1 is 1.59 bits per heavy atom. The van der Waals surface area contributed by atoms with Crippen LogP contribution in [0.15, 0.2) is 16.8 Å². The maximum absolute atomic E-state index is 12.4. The van der Waals surface area contributed by atoms with Crippen molar-refractivity contribution in [3.8, 4) is 0 Å². The van der Waals surface area contributed by atoms with Crippen molar-refractivity contribution in [3.63, 3.8) is 0 Å². The number of amides is 1. The van der Waals surface area contributed by atoms with E-state index in [-0.39, 0.29) is 12.0 Å². The molecule has 0 bridgehead atoms. The van der Waals surface area contributed by atoms with Gasteiger partial charge in [0.05, 0.1) is 13.2 Å². The van der Waals surface area contributed by atoms with Crippen LogP contribution in [0.4, 0.5) is 0 Å². The summed E-state index contributed by atoms with van der Waals surface area (Å²) in [6, 6.07) is 2.07. The molecule has 3 rings (SSSR count). The third-order valence-electron chi connectivity index (χ3n) is 3.80. The molecule has 0 radical (unpaired) electrons. The van der Waals surface area contributed by atoms with Crippen molar-refractivity contribution in [1.82, 2.24) is 20.1 Å². The van der Waals surface area contributed by atoms with E-state index in [2.05, 4.69) is 26.6 Å². The Bertz CT molecular complexity index is 611. The Hall–Kier alpha value is -1.73. The fourth-order valence-electron chi connectivity index (χ4n) is 2.49. The Morgan fingerprint density at radius 3 is 3.23 bits per heavy atom. The van der Waals surface area contributed by atoms with Crippen LogP contribution in [0.25, 0.3) is 0 Å². The number of hydrogen-bond acceptors (Lipinski definition) is 5. The molecule has 1 unspecified atom stereocenters. The van der Waals surface area contributed by atoms with Gasteiger partial charge in [0.1, 0.15) is 11.9 Å². The molecule has 1 atom stereocenters. The first-order valence-electron chi connectivity index (χ1n) is 7.58. The lowest BCUT2D eigenvalue weighted by molar-refractivity contribution is -0.139. The molecule has 6 nitrogen and oxygen atoms in total. The zero-order chi connectivity index (χ0) is 15.4. The second kappa shape index (κ2) is 7.02. The minimum absolute atomic E-state index is 0.172. The summed E-state index contributed by atoms with van der Waals surface area (Å²) < 4.78 is 5.72. The van der Waals surface area contributed by atoms with Crippen LogP contribution in [0.1, 0.15) is 36.7 Å². The van der Waals surface area contributed by atoms with E-state index in [1.54, 1.807) is 11.3 Å². The largest absolute Gasteiger partial charge is 0.366 e. The highest BCUT2D eigenvalue weighted by atomic mass is 32.1. The smallest absolute Gasteiger partial charge is 0.223 e. The standard InChI is InChI=1S/C15H20N4O2S/c1-2-13-16-15(18-17-13)12-9-19(6-7-21-12)14(20)4-3-11-5-8-22-10-11/h5,8,10,12H,2-4,6-7,9H2,1H3,(H,16,17,18). The Kier molecular flexibility index (Phi) is 4.84. The summed E-state index contributed by atoms with van der Waals surface area (Å²) in [4.78, 5) is 18.6. The van der Waals surface area contributed by atoms with Gasteiger partial charge in [-0.15, -0.1) is 0 Å². The summed E-state index contributed by atoms with van der Waals surface area (Å²) in [5.41, 5.74) is 1.23. The molecule has 0 aliphatic carbocycles. The number of nitrogens with zero attached hydrogens (tertiary/aromatic N) is 3. The zero-order valence-electron chi connectivity index (χ0n) is 12.6. The average Bonchev–Trinajstić information content (AvgIpc) is 3.24. The monoisotopic (exact) mass is 320 g/mol. The van der Waals surface area contributed by atoms with Crippen molar-refractivity contribution in [2.75, 3.05) is 19.7 Å². The number of aromatic amines is 1. The second-order valence-electron chi connectivity index (χ2n) is 5.32. The summed E-state index contributed by atoms with van der Waals surface area (Å²) >= 11 is 1.66. The van der Waals surface area contributed by atoms with Gasteiger partial charge < -0.3 is 9.64 Å². The summed E-state index contributed by atoms with van der Waals surface area (Å²) in [7, 11) is 0. The maximum atomic E-state index is 12.4. The first-order valence-corrected chi connectivity index (χ1v) is 8.52. The van der Waals surface area contributed by atoms with Crippen LogP contribution in [0.2, 0.25) is 0 Å². The van der Waals surface area contributed by atoms with Gasteiger partial charge in [-0.1, -0.05) is 6.92 Å². The van der Waals surface area contributed by atoms with E-state index in [1.807, 2.05) is 17.2 Å². The number of rotatable bonds is 5. The highest BCUT2D eigenvalue weighted by molar-refractivity contribution is 7.07. The van der Waals surface area contributed by atoms with Crippen LogP contribution in [0, 0.1) is 0 Å². The minimum atomic E-state index is -0.226. The molecule has 1 aliphatic heterocycles. The predicted molar refractivity (Wildman–Crippen MR) is 83.7 cm³/mol. The number of ether oxygens (including phenoxy) is 1. The number of morpholine rings is 1. The van der Waals surface area contributed by atoms with Crippen LogP contribution in [-0.4, -0.2) is 45.7 Å². The summed E-state index contributed by atoms with van der Waals surface area (Å²) in [6.45, 7) is 3.73. The minimum Gasteiger partial charge on any atom is -0.366 e. The molecule has 118 valence electrons. The molecular formula is C15H20N4O2S. The van der Waals surface area contributed by atoms with Crippen LogP contribution >= 0.6 is 11.3 Å². The molecule has 1 fully saturated rings. The van der Waals surface area contributed by atoms with Crippen LogP contribution in [0.3, 0.4) is 0 Å². The molecule has 22 heavy (non-hydrogen) atoms. The van der Waals surface area contributed by atoms with Crippen molar-refractivity contribution in [2.45, 2.75) is 32.3 Å². The molecule has 0 saturated carbocycles. The first-order chi connectivity index (χ1) is 10.8. The van der Waals surface area contributed by atoms with Crippen molar-refractivity contribution in [1.29, 1.82) is 0 Å². The fraction of sp³-hybridized carbons (Fsp3) is 0.533. The van der Waals surface area contributed by atoms with Gasteiger partial charge in [-0.3, -0.25) is 9.89 Å². The molecule has 0 spiro atoms. The number of aromatic nitrogens is 3. The van der Waals surface area contributed by atoms with Crippen molar-refractivity contribution in [3.05, 3.63) is 34.0 Å². The van der Waals surface area contributed by atoms with Crippen molar-refractivity contribution >= 4 is 17.2 Å². The van der Waals surface area contributed by atoms with E-state index < -0.39 is 0 Å². The lowest BCUT2D eigenvalue weighted by atomic mass is 10.1. The normalized spacial score (nSPS) is 18.6. The number of carbonyl (C=O) groups is 1. The highest BCUT2D eigenvalue weighted by Crippen LogP contribution is 2.20. The Balaban J connectivity index is 1.56. The predicted octanol–water partition coefficient (Wildman–Crippen LogP) is 1.96. The molecule has 0 aromatic carbocycles. The van der Waals surface area contributed by atoms with Crippen LogP contribution in [0.5, 0.6) is 0 Å². The third kappa shape index (κ3) is 3.53. The van der Waals surface area contributed by atoms with E-state index in [1.165, 1.54) is 5.56 Å². The topological polar surface area (TPSA) is 71.1 Å². The lowest BCUT2D eigenvalue weighted by Gasteiger charge is -2.31. The number of nitrogens with one attached hydrogen (secondary N) is 1. The number of carbonyl (C=O) groups excluding carboxylic acids is 1. The number of hydrogen-bond donors (Lipinski definition) is 1. The quantitative estimate of drug-likeness (QED) is 0.914. The molecule has 2 aromatic heterocycles. The van der Waals surface area contributed by atoms with Gasteiger partial charge >= 0.3 is 0 Å². The van der Waals surface area contributed by atoms with Gasteiger partial charge in [0.2, 0.25) is 5.91 Å². The van der Waals surface area contributed by atoms with Crippen molar-refractivity contribution < 1.29 is 9.53 Å². The zero-order valence-corrected chi connectivity index (χ0v) is 13.4. The van der Waals surface area contributed by atoms with E-state index in [0.29, 0.717) is 31.9 Å². The molecule has 1 N–H and O–H groups in total. The van der Waals surface area contributed by atoms with Crippen molar-refractivity contribution in [2.24, 2.45) is 0 Å². The second-order valence-corrected chi connectivity index (χ2v) is 6.10. The van der Waals surface area contributed by atoms with Gasteiger partial charge in [-0.05, 0) is 28.8 Å². The Morgan fingerprint density at radius 2 is 2.50 bits per heavy atom. The Labute approximate surface area is 133 Å². The highest BCUT2D eigenvalue weighted by Gasteiger charge is 2.27. The van der Waals surface area contributed by atoms with E-state index >= 15 is 0 Å². The van der Waals surface area contributed by atoms with E-state index in [0.717, 1.165) is 18.7 Å². The van der Waals surface area contributed by atoms with Gasteiger partial charge in [0, 0.05) is 19.4 Å². The number of aryl methyl sites for hydroxylation is 2. The summed E-state index contributed by atoms with van der Waals surface area (Å²) in [6.07, 6.45) is 1.92. The number of thiophene rings is 1. The first kappa shape index (κ1) is 15.2. The summed E-state index contributed by atoms with van der Waals surface area (Å²) in [5, 5.41) is 11.2. The molecule has 7 heteroatoms. The van der Waals surface area contributed by atoms with E-state index in [9.17, 15) is 4.79 Å². The average molecular weight is 320 g/mol. The van der Waals surface area contributed by atoms with Gasteiger partial charge in [-0.25, -0.2) is 4.98 Å². The molecule has 3 heterocycles. The lowest BCUT2D eigenvalue weighted by Crippen LogP contribution is -2.42. The van der Waals surface area contributed by atoms with Crippen LogP contribution < -0.4 is 0 Å². The van der Waals surface area contributed by atoms with Crippen LogP contribution in [-0.2, 0) is 22.4 Å². The summed E-state index contributed by atoms with van der Waals surface area (Å²) in [5.74, 6) is 1.66. The molecule has 1 aliphatic rings. The van der Waals surface area contributed by atoms with Gasteiger partial charge in [-0.2, -0.15) is 16.4 Å². The van der Waals surface area contributed by atoms with E-state index in [4.69, 9.17) is 4.74 Å². The SMILES string of the molecule is CCc1nc(C2CN(C(=O)CCc3ccsc3)CCO2)n[nH]1. The number of H-pyrrole nitrogens is 1. The molecule has 1 amide bonds. The van der Waals surface area contributed by atoms with Gasteiger partial charge in [0.25, 0.3) is 0 Å². The molecule has 1 saturated heterocycles. The fourth-order valence-corrected chi connectivity index (χ4v) is 3.19. The molecule has 2 aromatic rings. The van der Waals surface area contributed by atoms with Gasteiger partial charge in [0.15, 0.2) is 5.82 Å². The third-order valence-corrected chi connectivity index (χ3v) is 4.53.